The van der Waals surface area contributed by atoms with Gasteiger partial charge >= 0.3 is 0 Å². The smallest absolute Gasteiger partial charge is 0.233 e. The minimum absolute atomic E-state index is 0.520. The average Bonchev–Trinajstić information content (AvgIpc) is 2.81. The van der Waals surface area contributed by atoms with Crippen molar-refractivity contribution < 1.29 is 4.74 Å². The van der Waals surface area contributed by atoms with Gasteiger partial charge in [0.2, 0.25) is 17.8 Å². The Morgan fingerprint density at radius 3 is 2.16 bits per heavy atom. The van der Waals surface area contributed by atoms with Gasteiger partial charge in [0.25, 0.3) is 0 Å². The van der Waals surface area contributed by atoms with Crippen LogP contribution in [0.3, 0.4) is 0 Å². The Morgan fingerprint density at radius 2 is 1.50 bits per heavy atom. The second-order valence-electron chi connectivity index (χ2n) is 8.23. The Balaban J connectivity index is 1.58. The summed E-state index contributed by atoms with van der Waals surface area (Å²) in [6.45, 7) is 9.29. The van der Waals surface area contributed by atoms with Crippen LogP contribution in [-0.4, -0.2) is 41.3 Å². The number of hydrogen-bond donors (Lipinski definition) is 2. The molecule has 1 aliphatic heterocycles. The Labute approximate surface area is 190 Å². The molecule has 0 amide bonds. The summed E-state index contributed by atoms with van der Waals surface area (Å²) in [5, 5.41) is 6.70. The van der Waals surface area contributed by atoms with Crippen molar-refractivity contribution in [2.75, 3.05) is 41.8 Å². The van der Waals surface area contributed by atoms with Crippen LogP contribution in [0.4, 0.5) is 29.2 Å². The Kier molecular flexibility index (Phi) is 7.17. The zero-order chi connectivity index (χ0) is 22.3. The fourth-order valence-electron chi connectivity index (χ4n) is 3.59. The molecule has 1 aliphatic rings. The van der Waals surface area contributed by atoms with Crippen LogP contribution in [0.25, 0.3) is 0 Å². The van der Waals surface area contributed by atoms with Crippen LogP contribution in [0.2, 0.25) is 0 Å². The zero-order valence-electron chi connectivity index (χ0n) is 19.2. The Hall–Kier alpha value is -3.19. The van der Waals surface area contributed by atoms with Crippen molar-refractivity contribution in [2.45, 2.75) is 40.0 Å². The van der Waals surface area contributed by atoms with Crippen molar-refractivity contribution >= 4 is 29.2 Å². The average molecular weight is 433 g/mol. The van der Waals surface area contributed by atoms with Gasteiger partial charge in [0.05, 0.1) is 13.2 Å². The van der Waals surface area contributed by atoms with Crippen molar-refractivity contribution in [3.63, 3.8) is 0 Å². The molecule has 2 aromatic carbocycles. The lowest BCUT2D eigenvalue weighted by atomic mass is 10.1. The van der Waals surface area contributed by atoms with E-state index in [4.69, 9.17) is 14.7 Å². The second kappa shape index (κ2) is 10.4. The lowest BCUT2D eigenvalue weighted by Gasteiger charge is -2.27. The number of unbranched alkanes of at least 4 members (excludes halogenated alkanes) is 1. The first-order valence-corrected chi connectivity index (χ1v) is 11.4. The maximum absolute atomic E-state index is 5.49. The van der Waals surface area contributed by atoms with E-state index in [1.807, 2.05) is 6.07 Å². The summed E-state index contributed by atoms with van der Waals surface area (Å²) >= 11 is 0. The van der Waals surface area contributed by atoms with Crippen molar-refractivity contribution in [2.24, 2.45) is 0 Å². The summed E-state index contributed by atoms with van der Waals surface area (Å²) in [6.07, 6.45) is 3.51. The number of hydrogen-bond acceptors (Lipinski definition) is 7. The van der Waals surface area contributed by atoms with E-state index in [9.17, 15) is 0 Å². The van der Waals surface area contributed by atoms with Crippen LogP contribution in [0.1, 0.15) is 36.5 Å². The van der Waals surface area contributed by atoms with E-state index in [1.54, 1.807) is 0 Å². The summed E-state index contributed by atoms with van der Waals surface area (Å²) in [6, 6.07) is 14.7. The third-order valence-electron chi connectivity index (χ3n) is 5.71. The molecule has 0 bridgehead atoms. The number of anilines is 5. The molecule has 7 heteroatoms. The summed E-state index contributed by atoms with van der Waals surface area (Å²) in [7, 11) is 0. The molecule has 0 aliphatic carbocycles. The largest absolute Gasteiger partial charge is 0.378 e. The standard InChI is InChI=1S/C25H32N6O/c1-4-5-6-20-8-11-21(12-9-20)26-23-28-24(27-22-10-7-18(2)19(3)17-22)30-25(29-23)31-13-15-32-16-14-31/h7-12,17H,4-6,13-16H2,1-3H3,(H2,26,27,28,29,30). The van der Waals surface area contributed by atoms with Crippen molar-refractivity contribution in [1.29, 1.82) is 0 Å². The highest BCUT2D eigenvalue weighted by atomic mass is 16.5. The monoisotopic (exact) mass is 432 g/mol. The molecular formula is C25H32N6O. The Morgan fingerprint density at radius 1 is 0.844 bits per heavy atom. The predicted octanol–water partition coefficient (Wildman–Crippen LogP) is 5.15. The molecule has 2 heterocycles. The lowest BCUT2D eigenvalue weighted by Crippen LogP contribution is -2.37. The van der Waals surface area contributed by atoms with Gasteiger partial charge in [0, 0.05) is 24.5 Å². The molecule has 1 saturated heterocycles. The molecule has 1 aromatic heterocycles. The van der Waals surface area contributed by atoms with Crippen molar-refractivity contribution in [1.82, 2.24) is 15.0 Å². The molecule has 7 nitrogen and oxygen atoms in total. The van der Waals surface area contributed by atoms with E-state index in [-0.39, 0.29) is 0 Å². The van der Waals surface area contributed by atoms with Crippen LogP contribution in [-0.2, 0) is 11.2 Å². The van der Waals surface area contributed by atoms with Crippen LogP contribution >= 0.6 is 0 Å². The number of benzene rings is 2. The summed E-state index contributed by atoms with van der Waals surface area (Å²) in [4.78, 5) is 16.2. The first-order chi connectivity index (χ1) is 15.6. The summed E-state index contributed by atoms with van der Waals surface area (Å²) in [5.74, 6) is 1.69. The highest BCUT2D eigenvalue weighted by molar-refractivity contribution is 5.60. The molecule has 32 heavy (non-hydrogen) atoms. The van der Waals surface area contributed by atoms with Gasteiger partial charge in [0.1, 0.15) is 0 Å². The zero-order valence-corrected chi connectivity index (χ0v) is 19.2. The third-order valence-corrected chi connectivity index (χ3v) is 5.71. The lowest BCUT2D eigenvalue weighted by molar-refractivity contribution is 0.122. The SMILES string of the molecule is CCCCc1ccc(Nc2nc(Nc3ccc(C)c(C)c3)nc(N3CCOCC3)n2)cc1. The Bertz CT molecular complexity index is 1030. The minimum atomic E-state index is 0.520. The van der Waals surface area contributed by atoms with Crippen LogP contribution in [0.15, 0.2) is 42.5 Å². The second-order valence-corrected chi connectivity index (χ2v) is 8.23. The van der Waals surface area contributed by atoms with E-state index in [1.165, 1.54) is 29.5 Å². The molecule has 0 spiro atoms. The third kappa shape index (κ3) is 5.73. The number of morpholine rings is 1. The molecule has 3 aromatic rings. The number of nitrogens with one attached hydrogen (secondary N) is 2. The van der Waals surface area contributed by atoms with E-state index < -0.39 is 0 Å². The molecule has 1 fully saturated rings. The van der Waals surface area contributed by atoms with Gasteiger partial charge in [-0.15, -0.1) is 0 Å². The molecular weight excluding hydrogens is 400 g/mol. The topological polar surface area (TPSA) is 75.2 Å². The number of rotatable bonds is 8. The highest BCUT2D eigenvalue weighted by Gasteiger charge is 2.17. The molecule has 168 valence electrons. The van der Waals surface area contributed by atoms with Gasteiger partial charge < -0.3 is 20.3 Å². The van der Waals surface area contributed by atoms with E-state index in [0.717, 1.165) is 30.9 Å². The number of ether oxygens (including phenoxy) is 1. The molecule has 2 N–H and O–H groups in total. The van der Waals surface area contributed by atoms with Gasteiger partial charge in [0.15, 0.2) is 0 Å². The molecule has 0 atom stereocenters. The summed E-state index contributed by atoms with van der Waals surface area (Å²) < 4.78 is 5.49. The van der Waals surface area contributed by atoms with E-state index in [0.29, 0.717) is 31.1 Å². The van der Waals surface area contributed by atoms with Crippen LogP contribution in [0, 0.1) is 13.8 Å². The van der Waals surface area contributed by atoms with Gasteiger partial charge in [-0.3, -0.25) is 0 Å². The number of nitrogens with zero attached hydrogens (tertiary/aromatic N) is 4. The first-order valence-electron chi connectivity index (χ1n) is 11.4. The van der Waals surface area contributed by atoms with Gasteiger partial charge in [-0.1, -0.05) is 31.5 Å². The van der Waals surface area contributed by atoms with E-state index in [2.05, 4.69) is 77.7 Å². The van der Waals surface area contributed by atoms with Gasteiger partial charge in [-0.2, -0.15) is 15.0 Å². The first kappa shape index (κ1) is 22.0. The molecule has 0 unspecified atom stereocenters. The minimum Gasteiger partial charge on any atom is -0.378 e. The normalized spacial score (nSPS) is 13.8. The fraction of sp³-hybridized carbons (Fsp3) is 0.400. The van der Waals surface area contributed by atoms with Gasteiger partial charge in [-0.05, 0) is 67.6 Å². The highest BCUT2D eigenvalue weighted by Crippen LogP contribution is 2.22. The molecule has 4 rings (SSSR count). The number of aromatic nitrogens is 3. The molecule has 0 radical (unpaired) electrons. The maximum Gasteiger partial charge on any atom is 0.233 e. The van der Waals surface area contributed by atoms with Crippen molar-refractivity contribution in [3.8, 4) is 0 Å². The van der Waals surface area contributed by atoms with Crippen LogP contribution in [0.5, 0.6) is 0 Å². The predicted molar refractivity (Wildman–Crippen MR) is 130 cm³/mol. The maximum atomic E-state index is 5.49. The number of aryl methyl sites for hydroxylation is 3. The van der Waals surface area contributed by atoms with Crippen molar-refractivity contribution in [3.05, 3.63) is 59.2 Å². The van der Waals surface area contributed by atoms with Gasteiger partial charge in [-0.25, -0.2) is 0 Å². The molecule has 0 saturated carbocycles. The fourth-order valence-corrected chi connectivity index (χ4v) is 3.59. The van der Waals surface area contributed by atoms with E-state index >= 15 is 0 Å². The summed E-state index contributed by atoms with van der Waals surface area (Å²) in [5.41, 5.74) is 5.74. The van der Waals surface area contributed by atoms with Crippen LogP contribution < -0.4 is 15.5 Å². The quantitative estimate of drug-likeness (QED) is 0.509.